The molecule has 0 aliphatic heterocycles. The smallest absolute Gasteiger partial charge is 0.310 e. The van der Waals surface area contributed by atoms with Crippen molar-refractivity contribution in [1.29, 1.82) is 0 Å². The van der Waals surface area contributed by atoms with Crippen molar-refractivity contribution in [1.82, 2.24) is 0 Å². The lowest BCUT2D eigenvalue weighted by atomic mass is 10.0. The third-order valence-electron chi connectivity index (χ3n) is 8.18. The second-order valence-corrected chi connectivity index (χ2v) is 15.9. The lowest BCUT2D eigenvalue weighted by molar-refractivity contribution is 0.246. The molecule has 0 fully saturated rings. The Morgan fingerprint density at radius 2 is 0.595 bits per heavy atom. The molecule has 0 N–H and O–H groups in total. The molecule has 0 atom stereocenters. The highest BCUT2D eigenvalue weighted by molar-refractivity contribution is 7.99. The van der Waals surface area contributed by atoms with Gasteiger partial charge in [-0.05, 0) is 24.3 Å². The second-order valence-electron chi connectivity index (χ2n) is 12.4. The van der Waals surface area contributed by atoms with Gasteiger partial charge in [0.05, 0.1) is 13.2 Å². The Hall–Kier alpha value is 0.850. The summed E-state index contributed by atoms with van der Waals surface area (Å²) >= 11 is 3.85. The van der Waals surface area contributed by atoms with E-state index in [1.54, 1.807) is 0 Å². The van der Waals surface area contributed by atoms with Crippen molar-refractivity contribution in [3.8, 4) is 0 Å². The molecular weight excluding hydrogens is 576 g/mol. The Morgan fingerprint density at radius 3 is 0.857 bits per heavy atom. The van der Waals surface area contributed by atoms with Crippen LogP contribution in [0.4, 0.5) is 0 Å². The van der Waals surface area contributed by atoms with Crippen LogP contribution in [0.25, 0.3) is 0 Å². The largest absolute Gasteiger partial charge is 0.319 e. The summed E-state index contributed by atoms with van der Waals surface area (Å²) in [6.07, 6.45) is 39.4. The normalized spacial score (nSPS) is 11.7. The molecule has 0 radical (unpaired) electrons. The molecule has 0 saturated heterocycles. The summed E-state index contributed by atoms with van der Waals surface area (Å²) in [5.41, 5.74) is 0. The van der Waals surface area contributed by atoms with E-state index < -0.39 is 8.25 Å². The molecule has 6 heteroatoms. The van der Waals surface area contributed by atoms with Gasteiger partial charge in [0.2, 0.25) is 0 Å². The van der Waals surface area contributed by atoms with Crippen molar-refractivity contribution in [3.63, 3.8) is 0 Å². The van der Waals surface area contributed by atoms with E-state index in [4.69, 9.17) is 9.05 Å². The van der Waals surface area contributed by atoms with Crippen molar-refractivity contribution in [2.24, 2.45) is 0 Å². The number of unbranched alkanes of at least 4 members (excludes halogenated alkanes) is 26. The van der Waals surface area contributed by atoms with Crippen LogP contribution >= 0.6 is 31.8 Å². The molecular formula is C36H75O3PS2. The van der Waals surface area contributed by atoms with Crippen LogP contribution in [0.1, 0.15) is 194 Å². The maximum atomic E-state index is 11.9. The molecule has 42 heavy (non-hydrogen) atoms. The third-order valence-corrected chi connectivity index (χ3v) is 11.1. The topological polar surface area (TPSA) is 35.5 Å². The molecule has 0 rings (SSSR count). The summed E-state index contributed by atoms with van der Waals surface area (Å²) in [5, 5.41) is 0. The molecule has 0 unspecified atom stereocenters. The summed E-state index contributed by atoms with van der Waals surface area (Å²) < 4.78 is 22.7. The van der Waals surface area contributed by atoms with Crippen LogP contribution in [0.2, 0.25) is 0 Å². The van der Waals surface area contributed by atoms with Gasteiger partial charge >= 0.3 is 8.25 Å². The monoisotopic (exact) mass is 650 g/mol. The van der Waals surface area contributed by atoms with E-state index >= 15 is 0 Å². The average Bonchev–Trinajstić information content (AvgIpc) is 3.00. The standard InChI is InChI=1S/C36H75O3PS2/c1-3-5-7-9-11-13-15-17-19-21-23-25-27-29-33-41-35-31-38-40(37)39-32-36-42-34-30-28-26-24-22-20-18-16-14-12-10-8-6-4-2/h40H,3-36H2,1-2H3. The van der Waals surface area contributed by atoms with Crippen molar-refractivity contribution in [3.05, 3.63) is 0 Å². The molecule has 0 saturated carbocycles. The first-order valence-electron chi connectivity index (χ1n) is 18.8. The summed E-state index contributed by atoms with van der Waals surface area (Å²) in [4.78, 5) is 0. The van der Waals surface area contributed by atoms with Crippen molar-refractivity contribution in [2.45, 2.75) is 194 Å². The minimum absolute atomic E-state index is 0.549. The lowest BCUT2D eigenvalue weighted by Gasteiger charge is -2.06. The molecule has 0 aliphatic rings. The van der Waals surface area contributed by atoms with Gasteiger partial charge < -0.3 is 9.05 Å². The average molecular weight is 651 g/mol. The number of thioether (sulfide) groups is 2. The fourth-order valence-electron chi connectivity index (χ4n) is 5.41. The van der Waals surface area contributed by atoms with Gasteiger partial charge in [0.15, 0.2) is 0 Å². The first kappa shape index (κ1) is 42.9. The minimum Gasteiger partial charge on any atom is -0.310 e. The Labute approximate surface area is 274 Å². The van der Waals surface area contributed by atoms with Crippen molar-refractivity contribution in [2.75, 3.05) is 36.2 Å². The molecule has 0 spiro atoms. The summed E-state index contributed by atoms with van der Waals surface area (Å²) in [6.45, 7) is 5.68. The number of hydrogen-bond acceptors (Lipinski definition) is 5. The first-order valence-corrected chi connectivity index (χ1v) is 22.3. The van der Waals surface area contributed by atoms with E-state index in [-0.39, 0.29) is 0 Å². The summed E-state index contributed by atoms with van der Waals surface area (Å²) in [7, 11) is -2.31. The Kier molecular flexibility index (Phi) is 40.7. The molecule has 0 aromatic rings. The van der Waals surface area contributed by atoms with Crippen LogP contribution in [0.3, 0.4) is 0 Å². The van der Waals surface area contributed by atoms with E-state index in [2.05, 4.69) is 13.8 Å². The predicted octanol–water partition coefficient (Wildman–Crippen LogP) is 13.8. The zero-order valence-electron chi connectivity index (χ0n) is 28.6. The van der Waals surface area contributed by atoms with Gasteiger partial charge in [0.1, 0.15) is 0 Å². The van der Waals surface area contributed by atoms with E-state index in [0.717, 1.165) is 11.5 Å². The van der Waals surface area contributed by atoms with Crippen LogP contribution in [-0.2, 0) is 13.6 Å². The Bertz CT molecular complexity index is 468. The van der Waals surface area contributed by atoms with Crippen LogP contribution in [0, 0.1) is 0 Å². The summed E-state index contributed by atoms with van der Waals surface area (Å²) in [6, 6.07) is 0. The highest BCUT2D eigenvalue weighted by atomic mass is 32.2. The molecule has 0 heterocycles. The van der Waals surface area contributed by atoms with E-state index in [9.17, 15) is 4.57 Å². The van der Waals surface area contributed by atoms with Gasteiger partial charge in [-0.3, -0.25) is 4.57 Å². The molecule has 0 aliphatic carbocycles. The number of hydrogen-bond donors (Lipinski definition) is 0. The van der Waals surface area contributed by atoms with Crippen molar-refractivity contribution < 1.29 is 13.6 Å². The Balaban J connectivity index is 3.14. The van der Waals surface area contributed by atoms with E-state index in [0.29, 0.717) is 13.2 Å². The minimum atomic E-state index is -2.31. The Morgan fingerprint density at radius 1 is 0.357 bits per heavy atom. The molecule has 0 aromatic heterocycles. The molecule has 0 amide bonds. The van der Waals surface area contributed by atoms with Gasteiger partial charge in [0, 0.05) is 11.5 Å². The van der Waals surface area contributed by atoms with Gasteiger partial charge in [-0.2, -0.15) is 23.5 Å². The van der Waals surface area contributed by atoms with Crippen LogP contribution < -0.4 is 0 Å². The zero-order valence-corrected chi connectivity index (χ0v) is 31.2. The fourth-order valence-corrected chi connectivity index (χ4v) is 7.95. The van der Waals surface area contributed by atoms with Gasteiger partial charge in [-0.25, -0.2) is 0 Å². The highest BCUT2D eigenvalue weighted by Gasteiger charge is 2.01. The first-order chi connectivity index (χ1) is 20.8. The van der Waals surface area contributed by atoms with Gasteiger partial charge in [-0.1, -0.05) is 181 Å². The summed E-state index contributed by atoms with van der Waals surface area (Å²) in [5.74, 6) is 4.23. The predicted molar refractivity (Wildman–Crippen MR) is 196 cm³/mol. The van der Waals surface area contributed by atoms with E-state index in [1.165, 1.54) is 191 Å². The molecule has 254 valence electrons. The van der Waals surface area contributed by atoms with Crippen molar-refractivity contribution >= 4 is 31.8 Å². The quantitative estimate of drug-likeness (QED) is 0.0491. The van der Waals surface area contributed by atoms with Gasteiger partial charge in [0.25, 0.3) is 0 Å². The molecule has 0 aromatic carbocycles. The van der Waals surface area contributed by atoms with Crippen LogP contribution in [-0.4, -0.2) is 36.2 Å². The molecule has 3 nitrogen and oxygen atoms in total. The second kappa shape index (κ2) is 39.9. The zero-order chi connectivity index (χ0) is 30.4. The third kappa shape index (κ3) is 38.9. The maximum Gasteiger partial charge on any atom is 0.319 e. The van der Waals surface area contributed by atoms with Crippen LogP contribution in [0.5, 0.6) is 0 Å². The SMILES string of the molecule is CCCCCCCCCCCCCCCCSCCO[PH](=O)OCCSCCCCCCCCCCCCCCCC. The fraction of sp³-hybridized carbons (Fsp3) is 1.00. The van der Waals surface area contributed by atoms with Gasteiger partial charge in [-0.15, -0.1) is 0 Å². The lowest BCUT2D eigenvalue weighted by Crippen LogP contribution is -1.96. The van der Waals surface area contributed by atoms with E-state index in [1.807, 2.05) is 23.5 Å². The molecule has 0 bridgehead atoms. The van der Waals surface area contributed by atoms with Crippen LogP contribution in [0.15, 0.2) is 0 Å². The number of rotatable bonds is 38. The highest BCUT2D eigenvalue weighted by Crippen LogP contribution is 2.24. The maximum absolute atomic E-state index is 11.9.